The molecule has 0 saturated carbocycles. The first kappa shape index (κ1) is 23.7. The Morgan fingerprint density at radius 1 is 1.19 bits per heavy atom. The third-order valence-electron chi connectivity index (χ3n) is 6.13. The summed E-state index contributed by atoms with van der Waals surface area (Å²) in [5, 5.41) is 0.482. The summed E-state index contributed by atoms with van der Waals surface area (Å²) in [5.41, 5.74) is 16.3. The number of carbonyl (C=O) groups is 2. The third kappa shape index (κ3) is 5.27. The van der Waals surface area contributed by atoms with Gasteiger partial charge in [0.15, 0.2) is 5.11 Å². The van der Waals surface area contributed by atoms with E-state index in [1.165, 1.54) is 18.2 Å². The number of esters is 1. The number of nitrogens with zero attached hydrogens (tertiary/aromatic N) is 2. The summed E-state index contributed by atoms with van der Waals surface area (Å²) in [6.45, 7) is 3.01. The maximum atomic E-state index is 13.0. The largest absolute Gasteiger partial charge is 0.469 e. The molecule has 1 heterocycles. The lowest BCUT2D eigenvalue weighted by Crippen LogP contribution is -2.49. The molecule has 2 aliphatic rings. The number of aryl methyl sites for hydroxylation is 2. The number of hydrogen-bond donors (Lipinski definition) is 3. The van der Waals surface area contributed by atoms with Crippen molar-refractivity contribution in [2.45, 2.75) is 39.0 Å². The minimum absolute atomic E-state index is 0.0748. The van der Waals surface area contributed by atoms with Crippen LogP contribution in [0.25, 0.3) is 0 Å². The molecule has 1 aliphatic carbocycles. The van der Waals surface area contributed by atoms with Crippen LogP contribution < -0.4 is 16.6 Å². The number of nitrogens with two attached hydrogens (primary N) is 1. The van der Waals surface area contributed by atoms with Gasteiger partial charge in [-0.25, -0.2) is 0 Å². The number of hydrogen-bond acceptors (Lipinski definition) is 7. The van der Waals surface area contributed by atoms with E-state index >= 15 is 0 Å². The van der Waals surface area contributed by atoms with Gasteiger partial charge in [-0.15, -0.1) is 0 Å². The van der Waals surface area contributed by atoms with E-state index in [1.807, 2.05) is 17.0 Å². The Bertz CT molecular complexity index is 964. The molecule has 1 fully saturated rings. The van der Waals surface area contributed by atoms with Crippen molar-refractivity contribution in [3.8, 4) is 0 Å². The molecule has 0 amide bonds. The minimum atomic E-state index is -0.331. The topological polar surface area (TPSA) is 109 Å². The van der Waals surface area contributed by atoms with Crippen molar-refractivity contribution in [3.63, 3.8) is 0 Å². The van der Waals surface area contributed by atoms with E-state index in [9.17, 15) is 9.59 Å². The number of carbonyl (C=O) groups excluding carboxylic acids is 2. The number of nitrogens with one attached hydrogen (secondary N) is 2. The van der Waals surface area contributed by atoms with E-state index in [0.29, 0.717) is 42.5 Å². The molecular weight excluding hydrogens is 426 g/mol. The van der Waals surface area contributed by atoms with Crippen molar-refractivity contribution >= 4 is 34.8 Å². The number of piperidine rings is 1. The zero-order valence-electron chi connectivity index (χ0n) is 18.9. The Morgan fingerprint density at radius 2 is 1.88 bits per heavy atom. The highest BCUT2D eigenvalue weighted by Crippen LogP contribution is 2.23. The number of benzene rings is 1. The molecule has 1 aromatic rings. The average Bonchev–Trinajstić information content (AvgIpc) is 3.29. The molecule has 32 heavy (non-hydrogen) atoms. The molecular formula is C23H31N5O3S. The molecule has 0 spiro atoms. The van der Waals surface area contributed by atoms with Crippen LogP contribution in [0.5, 0.6) is 0 Å². The quantitative estimate of drug-likeness (QED) is 0.194. The van der Waals surface area contributed by atoms with Gasteiger partial charge in [0.05, 0.1) is 18.7 Å². The molecule has 4 N–H and O–H groups in total. The second kappa shape index (κ2) is 10.6. The third-order valence-corrected chi connectivity index (χ3v) is 6.49. The Balaban J connectivity index is 1.59. The number of ketones is 1. The normalized spacial score (nSPS) is 17.3. The van der Waals surface area contributed by atoms with Crippen LogP contribution in [0, 0.1) is 5.92 Å². The van der Waals surface area contributed by atoms with E-state index in [2.05, 4.69) is 21.9 Å². The van der Waals surface area contributed by atoms with Crippen LogP contribution in [0.4, 0.5) is 0 Å². The SMILES string of the molecule is CN=C(C(=O)C(N)=C(C)NNC(=S)N1CCC(C(=O)OC)CC1)c1ccc2c(c1)CCC2. The number of allylic oxidation sites excluding steroid dienone is 2. The summed E-state index contributed by atoms with van der Waals surface area (Å²) < 4.78 is 4.82. The molecule has 3 rings (SSSR count). The molecule has 1 aromatic carbocycles. The maximum absolute atomic E-state index is 13.0. The van der Waals surface area contributed by atoms with Gasteiger partial charge in [-0.1, -0.05) is 12.1 Å². The Morgan fingerprint density at radius 3 is 2.53 bits per heavy atom. The Hall–Kier alpha value is -2.94. The number of hydrazine groups is 1. The molecule has 0 bridgehead atoms. The van der Waals surface area contributed by atoms with Gasteiger partial charge in [0.2, 0.25) is 5.78 Å². The van der Waals surface area contributed by atoms with Crippen molar-refractivity contribution in [2.75, 3.05) is 27.2 Å². The number of methoxy groups -OCH3 is 1. The predicted octanol–water partition coefficient (Wildman–Crippen LogP) is 1.62. The lowest BCUT2D eigenvalue weighted by molar-refractivity contribution is -0.146. The molecule has 172 valence electrons. The highest BCUT2D eigenvalue weighted by atomic mass is 32.1. The first-order chi connectivity index (χ1) is 15.3. The number of thiocarbonyl (C=S) groups is 1. The molecule has 0 aromatic heterocycles. The van der Waals surface area contributed by atoms with Crippen molar-refractivity contribution in [1.82, 2.24) is 15.8 Å². The van der Waals surface area contributed by atoms with Crippen LogP contribution in [0.15, 0.2) is 34.6 Å². The van der Waals surface area contributed by atoms with Gasteiger partial charge in [0.25, 0.3) is 0 Å². The summed E-state index contributed by atoms with van der Waals surface area (Å²) in [5.74, 6) is -0.599. The Labute approximate surface area is 194 Å². The Kier molecular flexibility index (Phi) is 7.84. The second-order valence-corrected chi connectivity index (χ2v) is 8.50. The summed E-state index contributed by atoms with van der Waals surface area (Å²) in [4.78, 5) is 30.9. The van der Waals surface area contributed by atoms with Crippen LogP contribution in [0.2, 0.25) is 0 Å². The monoisotopic (exact) mass is 457 g/mol. The van der Waals surface area contributed by atoms with Crippen molar-refractivity contribution < 1.29 is 14.3 Å². The van der Waals surface area contributed by atoms with Gasteiger partial charge in [0.1, 0.15) is 11.4 Å². The smallest absolute Gasteiger partial charge is 0.308 e. The van der Waals surface area contributed by atoms with Gasteiger partial charge < -0.3 is 20.8 Å². The summed E-state index contributed by atoms with van der Waals surface area (Å²) in [6.07, 6.45) is 4.61. The van der Waals surface area contributed by atoms with E-state index in [-0.39, 0.29) is 23.4 Å². The lowest BCUT2D eigenvalue weighted by atomic mass is 9.97. The zero-order valence-corrected chi connectivity index (χ0v) is 19.7. The molecule has 9 heteroatoms. The van der Waals surface area contributed by atoms with E-state index in [1.54, 1.807) is 14.0 Å². The fraction of sp³-hybridized carbons (Fsp3) is 0.478. The molecule has 0 atom stereocenters. The summed E-state index contributed by atoms with van der Waals surface area (Å²) >= 11 is 5.44. The van der Waals surface area contributed by atoms with Gasteiger partial charge >= 0.3 is 5.97 Å². The van der Waals surface area contributed by atoms with Crippen LogP contribution in [0.3, 0.4) is 0 Å². The fourth-order valence-corrected chi connectivity index (χ4v) is 4.39. The first-order valence-corrected chi connectivity index (χ1v) is 11.2. The fourth-order valence-electron chi connectivity index (χ4n) is 4.16. The molecule has 0 radical (unpaired) electrons. The van der Waals surface area contributed by atoms with Crippen LogP contribution >= 0.6 is 12.2 Å². The van der Waals surface area contributed by atoms with Gasteiger partial charge in [-0.2, -0.15) is 0 Å². The highest BCUT2D eigenvalue weighted by Gasteiger charge is 2.27. The molecule has 1 aliphatic heterocycles. The van der Waals surface area contributed by atoms with Gasteiger partial charge in [0, 0.05) is 25.7 Å². The van der Waals surface area contributed by atoms with Crippen molar-refractivity contribution in [2.24, 2.45) is 16.6 Å². The van der Waals surface area contributed by atoms with Crippen molar-refractivity contribution in [1.29, 1.82) is 0 Å². The van der Waals surface area contributed by atoms with Gasteiger partial charge in [-0.05, 0) is 68.4 Å². The maximum Gasteiger partial charge on any atom is 0.308 e. The summed E-state index contributed by atoms with van der Waals surface area (Å²) in [6, 6.07) is 6.06. The first-order valence-electron chi connectivity index (χ1n) is 10.8. The van der Waals surface area contributed by atoms with E-state index in [0.717, 1.165) is 24.8 Å². The standard InChI is InChI=1S/C23H31N5O3S/c1-14(26-27-23(32)28-11-9-16(10-12-28)22(30)31-3)19(24)21(29)20(25-2)18-8-7-15-5-4-6-17(15)13-18/h7-8,13,16,26H,4-6,9-12,24H2,1-3H3,(H,27,32). The average molecular weight is 458 g/mol. The van der Waals surface area contributed by atoms with Crippen LogP contribution in [-0.4, -0.2) is 54.7 Å². The number of likely N-dealkylation sites (tertiary alicyclic amines) is 1. The van der Waals surface area contributed by atoms with Crippen LogP contribution in [-0.2, 0) is 27.2 Å². The van der Waals surface area contributed by atoms with E-state index < -0.39 is 0 Å². The lowest BCUT2D eigenvalue weighted by Gasteiger charge is -2.32. The summed E-state index contributed by atoms with van der Waals surface area (Å²) in [7, 11) is 3.01. The number of aliphatic imine (C=N–C) groups is 1. The zero-order chi connectivity index (χ0) is 23.3. The molecule has 1 saturated heterocycles. The molecule has 8 nitrogen and oxygen atoms in total. The number of rotatable bonds is 6. The van der Waals surface area contributed by atoms with Gasteiger partial charge in [-0.3, -0.25) is 20.0 Å². The highest BCUT2D eigenvalue weighted by molar-refractivity contribution is 7.80. The number of ether oxygens (including phenoxy) is 1. The van der Waals surface area contributed by atoms with E-state index in [4.69, 9.17) is 22.7 Å². The predicted molar refractivity (Wildman–Crippen MR) is 128 cm³/mol. The number of fused-ring (bicyclic) bond motifs is 1. The van der Waals surface area contributed by atoms with Crippen LogP contribution in [0.1, 0.15) is 42.9 Å². The minimum Gasteiger partial charge on any atom is -0.469 e. The number of Topliss-reactive ketones (excluding diaryl/α,β-unsaturated/α-hetero) is 1. The molecule has 0 unspecified atom stereocenters. The second-order valence-electron chi connectivity index (χ2n) is 8.12. The van der Waals surface area contributed by atoms with Crippen molar-refractivity contribution in [3.05, 3.63) is 46.3 Å².